The summed E-state index contributed by atoms with van der Waals surface area (Å²) in [5, 5.41) is 0. The molecule has 6 nitrogen and oxygen atoms in total. The lowest BCUT2D eigenvalue weighted by Crippen LogP contribution is -2.58. The third-order valence-electron chi connectivity index (χ3n) is 6.36. The number of ether oxygens (including phenoxy) is 1. The van der Waals surface area contributed by atoms with E-state index in [4.69, 9.17) is 4.74 Å². The van der Waals surface area contributed by atoms with Gasteiger partial charge in [0, 0.05) is 32.7 Å². The Morgan fingerprint density at radius 3 is 2.33 bits per heavy atom. The van der Waals surface area contributed by atoms with Crippen LogP contribution in [-0.2, 0) is 11.2 Å². The summed E-state index contributed by atoms with van der Waals surface area (Å²) in [6, 6.07) is 8.25. The number of nitrogens with zero attached hydrogens (tertiary/aromatic N) is 3. The van der Waals surface area contributed by atoms with Crippen LogP contribution in [0.4, 0.5) is 4.79 Å². The average molecular weight is 373 g/mol. The van der Waals surface area contributed by atoms with Crippen LogP contribution in [0.5, 0.6) is 5.75 Å². The Morgan fingerprint density at radius 2 is 1.78 bits per heavy atom. The first kappa shape index (κ1) is 19.7. The quantitative estimate of drug-likeness (QED) is 0.720. The second-order valence-corrected chi connectivity index (χ2v) is 7.72. The first-order valence-electron chi connectivity index (χ1n) is 9.89. The lowest BCUT2D eigenvalue weighted by atomic mass is 9.85. The van der Waals surface area contributed by atoms with Crippen LogP contribution in [0.25, 0.3) is 0 Å². The van der Waals surface area contributed by atoms with E-state index in [2.05, 4.69) is 18.7 Å². The number of piperidine rings is 1. The molecule has 1 spiro atoms. The normalized spacial score (nSPS) is 21.2. The number of hydrogen-bond donors (Lipinski definition) is 0. The summed E-state index contributed by atoms with van der Waals surface area (Å²) in [6.45, 7) is 6.70. The van der Waals surface area contributed by atoms with Crippen molar-refractivity contribution in [3.63, 3.8) is 0 Å². The topological polar surface area (TPSA) is 53.1 Å². The predicted molar refractivity (Wildman–Crippen MR) is 105 cm³/mol. The van der Waals surface area contributed by atoms with Crippen LogP contribution in [-0.4, -0.2) is 72.0 Å². The molecule has 0 aliphatic carbocycles. The van der Waals surface area contributed by atoms with Gasteiger partial charge in [0.15, 0.2) is 0 Å². The number of hydrogen-bond acceptors (Lipinski definition) is 4. The zero-order valence-electron chi connectivity index (χ0n) is 16.9. The van der Waals surface area contributed by atoms with Crippen molar-refractivity contribution in [1.82, 2.24) is 14.7 Å². The summed E-state index contributed by atoms with van der Waals surface area (Å²) in [5.41, 5.74) is 0.472. The molecular formula is C21H31N3O3. The highest BCUT2D eigenvalue weighted by molar-refractivity contribution is 6.06. The largest absolute Gasteiger partial charge is 0.497 e. The van der Waals surface area contributed by atoms with Crippen molar-refractivity contribution < 1.29 is 14.3 Å². The number of imide groups is 1. The predicted octanol–water partition coefficient (Wildman–Crippen LogP) is 2.76. The molecule has 2 heterocycles. The Balaban J connectivity index is 1.73. The number of amides is 3. The first-order valence-corrected chi connectivity index (χ1v) is 9.89. The zero-order chi connectivity index (χ0) is 19.6. The second kappa shape index (κ2) is 7.89. The van der Waals surface area contributed by atoms with Crippen LogP contribution in [0.15, 0.2) is 24.3 Å². The lowest BCUT2D eigenvalue weighted by Gasteiger charge is -2.44. The third kappa shape index (κ3) is 3.55. The molecule has 2 aliphatic rings. The average Bonchev–Trinajstić information content (AvgIpc) is 2.88. The molecule has 3 rings (SSSR count). The van der Waals surface area contributed by atoms with E-state index in [0.717, 1.165) is 50.1 Å². The van der Waals surface area contributed by atoms with Gasteiger partial charge in [0.2, 0.25) is 0 Å². The molecule has 2 fully saturated rings. The van der Waals surface area contributed by atoms with Crippen LogP contribution in [0.2, 0.25) is 0 Å². The first-order chi connectivity index (χ1) is 12.9. The van der Waals surface area contributed by atoms with Crippen LogP contribution in [0.3, 0.4) is 0 Å². The van der Waals surface area contributed by atoms with Crippen LogP contribution < -0.4 is 4.74 Å². The zero-order valence-corrected chi connectivity index (χ0v) is 16.9. The highest BCUT2D eigenvalue weighted by atomic mass is 16.5. The Kier molecular flexibility index (Phi) is 5.75. The van der Waals surface area contributed by atoms with E-state index in [1.165, 1.54) is 4.90 Å². The van der Waals surface area contributed by atoms with Gasteiger partial charge in [-0.25, -0.2) is 4.79 Å². The summed E-state index contributed by atoms with van der Waals surface area (Å²) >= 11 is 0. The molecule has 1 aromatic rings. The number of carbonyl (C=O) groups is 2. The molecule has 0 bridgehead atoms. The maximum absolute atomic E-state index is 13.0. The van der Waals surface area contributed by atoms with Crippen molar-refractivity contribution in [2.75, 3.05) is 33.8 Å². The monoisotopic (exact) mass is 373 g/mol. The highest BCUT2D eigenvalue weighted by Gasteiger charge is 2.56. The number of benzene rings is 1. The van der Waals surface area contributed by atoms with Crippen molar-refractivity contribution in [2.24, 2.45) is 0 Å². The van der Waals surface area contributed by atoms with E-state index < -0.39 is 5.54 Å². The van der Waals surface area contributed by atoms with Gasteiger partial charge < -0.3 is 14.5 Å². The van der Waals surface area contributed by atoms with Crippen molar-refractivity contribution in [1.29, 1.82) is 0 Å². The smallest absolute Gasteiger partial charge is 0.327 e. The Bertz CT molecular complexity index is 680. The second-order valence-electron chi connectivity index (χ2n) is 7.72. The van der Waals surface area contributed by atoms with Gasteiger partial charge in [-0.2, -0.15) is 0 Å². The van der Waals surface area contributed by atoms with Gasteiger partial charge in [-0.3, -0.25) is 9.69 Å². The van der Waals surface area contributed by atoms with E-state index in [1.807, 2.05) is 29.2 Å². The van der Waals surface area contributed by atoms with Gasteiger partial charge in [0.05, 0.1) is 7.11 Å². The Hall–Kier alpha value is -2.08. The van der Waals surface area contributed by atoms with Gasteiger partial charge in [-0.05, 0) is 50.3 Å². The van der Waals surface area contributed by atoms with Gasteiger partial charge in [-0.15, -0.1) is 0 Å². The molecule has 148 valence electrons. The highest BCUT2D eigenvalue weighted by Crippen LogP contribution is 2.37. The van der Waals surface area contributed by atoms with Crippen LogP contribution >= 0.6 is 0 Å². The fourth-order valence-electron chi connectivity index (χ4n) is 4.30. The molecule has 2 saturated heterocycles. The number of urea groups is 1. The van der Waals surface area contributed by atoms with Crippen LogP contribution in [0.1, 0.15) is 38.7 Å². The maximum Gasteiger partial charge on any atom is 0.327 e. The molecule has 0 unspecified atom stereocenters. The summed E-state index contributed by atoms with van der Waals surface area (Å²) in [7, 11) is 3.26. The summed E-state index contributed by atoms with van der Waals surface area (Å²) in [5.74, 6) is 0.783. The molecule has 0 radical (unpaired) electrons. The molecule has 1 atom stereocenters. The number of carbonyl (C=O) groups excluding carboxylic acids is 2. The number of rotatable bonds is 6. The van der Waals surface area contributed by atoms with Crippen molar-refractivity contribution in [3.8, 4) is 5.75 Å². The van der Waals surface area contributed by atoms with Crippen molar-refractivity contribution in [3.05, 3.63) is 29.8 Å². The molecule has 6 heteroatoms. The van der Waals surface area contributed by atoms with Crippen molar-refractivity contribution >= 4 is 11.9 Å². The van der Waals surface area contributed by atoms with E-state index >= 15 is 0 Å². The fraction of sp³-hybridized carbons (Fsp3) is 0.619. The number of methoxy groups -OCH3 is 1. The third-order valence-corrected chi connectivity index (χ3v) is 6.36. The Morgan fingerprint density at radius 1 is 1.15 bits per heavy atom. The minimum atomic E-state index is -0.664. The van der Waals surface area contributed by atoms with Crippen molar-refractivity contribution in [2.45, 2.75) is 51.1 Å². The standard InChI is InChI=1S/C21H31N3O3/c1-5-16(2)23-14-11-21(12-15-23)19(25)22(3)20(26)24(21)13-10-17-6-8-18(27-4)9-7-17/h6-9,16H,5,10-15H2,1-4H3/t16-/m0/s1. The summed E-state index contributed by atoms with van der Waals surface area (Å²) < 4.78 is 5.20. The van der Waals surface area contributed by atoms with E-state index in [1.54, 1.807) is 14.2 Å². The minimum absolute atomic E-state index is 0.0361. The lowest BCUT2D eigenvalue weighted by molar-refractivity contribution is -0.135. The van der Waals surface area contributed by atoms with Crippen LogP contribution in [0, 0.1) is 0 Å². The molecule has 0 N–H and O–H groups in total. The van der Waals surface area contributed by atoms with Gasteiger partial charge in [0.25, 0.3) is 5.91 Å². The van der Waals surface area contributed by atoms with E-state index in [0.29, 0.717) is 12.6 Å². The molecule has 1 aromatic carbocycles. The SMILES string of the molecule is CC[C@H](C)N1CCC2(CC1)C(=O)N(C)C(=O)N2CCc1ccc(OC)cc1. The Labute approximate surface area is 162 Å². The summed E-state index contributed by atoms with van der Waals surface area (Å²) in [4.78, 5) is 31.3. The fourth-order valence-corrected chi connectivity index (χ4v) is 4.30. The molecule has 3 amide bonds. The molecule has 27 heavy (non-hydrogen) atoms. The maximum atomic E-state index is 13.0. The minimum Gasteiger partial charge on any atom is -0.497 e. The van der Waals surface area contributed by atoms with E-state index in [9.17, 15) is 9.59 Å². The van der Waals surface area contributed by atoms with Gasteiger partial charge in [0.1, 0.15) is 11.3 Å². The number of likely N-dealkylation sites (tertiary alicyclic amines) is 1. The molecular weight excluding hydrogens is 342 g/mol. The molecule has 2 aliphatic heterocycles. The molecule has 0 saturated carbocycles. The van der Waals surface area contributed by atoms with Gasteiger partial charge in [-0.1, -0.05) is 19.1 Å². The van der Waals surface area contributed by atoms with Gasteiger partial charge >= 0.3 is 6.03 Å². The van der Waals surface area contributed by atoms with E-state index in [-0.39, 0.29) is 11.9 Å². The summed E-state index contributed by atoms with van der Waals surface area (Å²) in [6.07, 6.45) is 3.26. The number of likely N-dealkylation sites (N-methyl/N-ethyl adjacent to an activating group) is 1. The molecule has 0 aromatic heterocycles.